The van der Waals surface area contributed by atoms with E-state index in [1.165, 1.54) is 0 Å². The molecule has 6 heteroatoms. The summed E-state index contributed by atoms with van der Waals surface area (Å²) in [4.78, 5) is 12.2. The van der Waals surface area contributed by atoms with Crippen molar-refractivity contribution in [1.82, 2.24) is 5.32 Å². The highest BCUT2D eigenvalue weighted by atomic mass is 35.5. The van der Waals surface area contributed by atoms with Crippen molar-refractivity contribution in [2.24, 2.45) is 0 Å². The van der Waals surface area contributed by atoms with Gasteiger partial charge in [0, 0.05) is 16.6 Å². The summed E-state index contributed by atoms with van der Waals surface area (Å²) in [5.74, 6) is 1.15. The molecule has 0 fully saturated rings. The summed E-state index contributed by atoms with van der Waals surface area (Å²) in [6.45, 7) is 3.81. The van der Waals surface area contributed by atoms with Crippen LogP contribution < -0.4 is 21.1 Å². The lowest BCUT2D eigenvalue weighted by Gasteiger charge is -2.16. The van der Waals surface area contributed by atoms with Crippen LogP contribution in [0, 0.1) is 0 Å². The van der Waals surface area contributed by atoms with Crippen LogP contribution in [0.1, 0.15) is 24.2 Å². The summed E-state index contributed by atoms with van der Waals surface area (Å²) in [6.07, 6.45) is 0. The number of carbonyl (C=O) groups is 1. The highest BCUT2D eigenvalue weighted by Gasteiger charge is 2.12. The molecular weight excluding hydrogens is 374 g/mol. The number of hydrogen-bond acceptors (Lipinski definition) is 4. The molecule has 28 heavy (non-hydrogen) atoms. The second-order valence-corrected chi connectivity index (χ2v) is 7.05. The number of nitrogens with two attached hydrogens (primary N) is 1. The first kappa shape index (κ1) is 19.6. The standard InChI is InChI=1S/C22H22ClN3O2/c1-14(2)25-22(27)15-8-10-19(18(24)12-15)26-20-13-16(23)9-11-21(20)28-17-6-4-3-5-7-17/h3-14,26H,24H2,1-2H3,(H,25,27). The summed E-state index contributed by atoms with van der Waals surface area (Å²) >= 11 is 6.16. The Kier molecular flexibility index (Phi) is 6.06. The Morgan fingerprint density at radius 2 is 1.75 bits per heavy atom. The number of para-hydroxylation sites is 1. The molecule has 1 amide bonds. The molecule has 0 saturated heterocycles. The number of nitrogen functional groups attached to an aromatic ring is 1. The molecule has 0 aromatic heterocycles. The fourth-order valence-corrected chi connectivity index (χ4v) is 2.78. The first-order valence-electron chi connectivity index (χ1n) is 8.92. The molecule has 3 aromatic carbocycles. The van der Waals surface area contributed by atoms with Crippen LogP contribution in [0.3, 0.4) is 0 Å². The number of ether oxygens (including phenoxy) is 1. The molecule has 0 unspecified atom stereocenters. The molecule has 4 N–H and O–H groups in total. The zero-order valence-electron chi connectivity index (χ0n) is 15.7. The first-order valence-corrected chi connectivity index (χ1v) is 9.30. The van der Waals surface area contributed by atoms with Gasteiger partial charge in [0.05, 0.1) is 17.1 Å². The Bertz CT molecular complexity index is 975. The number of hydrogen-bond donors (Lipinski definition) is 3. The topological polar surface area (TPSA) is 76.4 Å². The van der Waals surface area contributed by atoms with E-state index >= 15 is 0 Å². The molecule has 0 aliphatic carbocycles. The predicted octanol–water partition coefficient (Wildman–Crippen LogP) is 5.60. The molecule has 0 aliphatic heterocycles. The van der Waals surface area contributed by atoms with Gasteiger partial charge in [-0.15, -0.1) is 0 Å². The maximum absolute atomic E-state index is 12.2. The number of rotatable bonds is 6. The summed E-state index contributed by atoms with van der Waals surface area (Å²) < 4.78 is 5.96. The fraction of sp³-hybridized carbons (Fsp3) is 0.136. The number of benzene rings is 3. The van der Waals surface area contributed by atoms with Crippen LogP contribution in [-0.4, -0.2) is 11.9 Å². The van der Waals surface area contributed by atoms with Crippen LogP contribution in [0.4, 0.5) is 17.1 Å². The zero-order chi connectivity index (χ0) is 20.1. The van der Waals surface area contributed by atoms with Gasteiger partial charge < -0.3 is 21.1 Å². The summed E-state index contributed by atoms with van der Waals surface area (Å²) in [5.41, 5.74) is 8.43. The first-order chi connectivity index (χ1) is 13.4. The second-order valence-electron chi connectivity index (χ2n) is 6.61. The summed E-state index contributed by atoms with van der Waals surface area (Å²) in [5, 5.41) is 6.65. The summed E-state index contributed by atoms with van der Waals surface area (Å²) in [7, 11) is 0. The van der Waals surface area contributed by atoms with Crippen molar-refractivity contribution in [2.75, 3.05) is 11.1 Å². The van der Waals surface area contributed by atoms with Crippen LogP contribution in [0.25, 0.3) is 0 Å². The van der Waals surface area contributed by atoms with Crippen LogP contribution in [0.15, 0.2) is 66.7 Å². The average Bonchev–Trinajstić information content (AvgIpc) is 2.66. The van der Waals surface area contributed by atoms with Crippen LogP contribution in [-0.2, 0) is 0 Å². The minimum absolute atomic E-state index is 0.0516. The molecule has 0 bridgehead atoms. The van der Waals surface area contributed by atoms with Crippen LogP contribution >= 0.6 is 11.6 Å². The molecule has 3 aromatic rings. The predicted molar refractivity (Wildman–Crippen MR) is 115 cm³/mol. The van der Waals surface area contributed by atoms with Gasteiger partial charge in [-0.25, -0.2) is 0 Å². The molecule has 3 rings (SSSR count). The Hall–Kier alpha value is -3.18. The molecule has 0 aliphatic rings. The van der Waals surface area contributed by atoms with Gasteiger partial charge in [0.1, 0.15) is 5.75 Å². The molecule has 5 nitrogen and oxygen atoms in total. The Labute approximate surface area is 169 Å². The lowest BCUT2D eigenvalue weighted by molar-refractivity contribution is 0.0943. The zero-order valence-corrected chi connectivity index (χ0v) is 16.5. The monoisotopic (exact) mass is 395 g/mol. The van der Waals surface area contributed by atoms with Gasteiger partial charge in [-0.3, -0.25) is 4.79 Å². The van der Waals surface area contributed by atoms with E-state index in [1.807, 2.05) is 44.2 Å². The van der Waals surface area contributed by atoms with Gasteiger partial charge in [0.25, 0.3) is 5.91 Å². The Morgan fingerprint density at radius 1 is 1.00 bits per heavy atom. The molecule has 0 spiro atoms. The van der Waals surface area contributed by atoms with E-state index in [0.717, 1.165) is 0 Å². The SMILES string of the molecule is CC(C)NC(=O)c1ccc(Nc2cc(Cl)ccc2Oc2ccccc2)c(N)c1. The van der Waals surface area contributed by atoms with Gasteiger partial charge in [0.15, 0.2) is 5.75 Å². The van der Waals surface area contributed by atoms with Gasteiger partial charge in [-0.05, 0) is 62.4 Å². The minimum Gasteiger partial charge on any atom is -0.455 e. The molecule has 144 valence electrons. The molecule has 0 radical (unpaired) electrons. The maximum Gasteiger partial charge on any atom is 0.251 e. The third-order valence-electron chi connectivity index (χ3n) is 3.92. The van der Waals surface area contributed by atoms with Crippen molar-refractivity contribution in [3.8, 4) is 11.5 Å². The van der Waals surface area contributed by atoms with E-state index in [9.17, 15) is 4.79 Å². The van der Waals surface area contributed by atoms with E-state index < -0.39 is 0 Å². The fourth-order valence-electron chi connectivity index (χ4n) is 2.61. The van der Waals surface area contributed by atoms with Gasteiger partial charge in [0.2, 0.25) is 0 Å². The molecule has 0 saturated carbocycles. The number of carbonyl (C=O) groups excluding carboxylic acids is 1. The highest BCUT2D eigenvalue weighted by Crippen LogP contribution is 2.35. The Morgan fingerprint density at radius 3 is 2.43 bits per heavy atom. The average molecular weight is 396 g/mol. The van der Waals surface area contributed by atoms with Crippen molar-refractivity contribution in [3.05, 3.63) is 77.3 Å². The van der Waals surface area contributed by atoms with Crippen LogP contribution in [0.2, 0.25) is 5.02 Å². The van der Waals surface area contributed by atoms with E-state index in [4.69, 9.17) is 22.1 Å². The quantitative estimate of drug-likeness (QED) is 0.475. The molecule has 0 atom stereocenters. The van der Waals surface area contributed by atoms with E-state index in [0.29, 0.717) is 39.1 Å². The van der Waals surface area contributed by atoms with Crippen molar-refractivity contribution in [1.29, 1.82) is 0 Å². The maximum atomic E-state index is 12.2. The molecular formula is C22H22ClN3O2. The van der Waals surface area contributed by atoms with Gasteiger partial charge in [-0.1, -0.05) is 29.8 Å². The number of anilines is 3. The largest absolute Gasteiger partial charge is 0.455 e. The lowest BCUT2D eigenvalue weighted by Crippen LogP contribution is -2.30. The van der Waals surface area contributed by atoms with Crippen molar-refractivity contribution in [3.63, 3.8) is 0 Å². The second kappa shape index (κ2) is 8.67. The number of halogens is 1. The third-order valence-corrected chi connectivity index (χ3v) is 4.15. The van der Waals surface area contributed by atoms with Crippen molar-refractivity contribution in [2.45, 2.75) is 19.9 Å². The molecule has 0 heterocycles. The lowest BCUT2D eigenvalue weighted by atomic mass is 10.1. The summed E-state index contributed by atoms with van der Waals surface area (Å²) in [6, 6.07) is 19.9. The van der Waals surface area contributed by atoms with E-state index in [-0.39, 0.29) is 11.9 Å². The third kappa shape index (κ3) is 4.96. The van der Waals surface area contributed by atoms with E-state index in [1.54, 1.807) is 36.4 Å². The normalized spacial score (nSPS) is 10.6. The number of amides is 1. The smallest absolute Gasteiger partial charge is 0.251 e. The Balaban J connectivity index is 1.85. The minimum atomic E-state index is -0.163. The van der Waals surface area contributed by atoms with Gasteiger partial charge in [-0.2, -0.15) is 0 Å². The van der Waals surface area contributed by atoms with Crippen molar-refractivity contribution >= 4 is 34.6 Å². The highest BCUT2D eigenvalue weighted by molar-refractivity contribution is 6.31. The van der Waals surface area contributed by atoms with Crippen molar-refractivity contribution < 1.29 is 9.53 Å². The number of nitrogens with one attached hydrogen (secondary N) is 2. The van der Waals surface area contributed by atoms with E-state index in [2.05, 4.69) is 10.6 Å². The van der Waals surface area contributed by atoms with Gasteiger partial charge >= 0.3 is 0 Å². The van der Waals surface area contributed by atoms with Crippen LogP contribution in [0.5, 0.6) is 11.5 Å².